The number of hydrogen-bond donors (Lipinski definition) is 2. The van der Waals surface area contributed by atoms with Crippen LogP contribution in [0.3, 0.4) is 0 Å². The Hall–Kier alpha value is -2.89. The van der Waals surface area contributed by atoms with E-state index in [2.05, 4.69) is 19.2 Å². The lowest BCUT2D eigenvalue weighted by atomic mass is 10.0. The molecular weight excluding hydrogens is 318 g/mol. The van der Waals surface area contributed by atoms with Crippen molar-refractivity contribution in [3.8, 4) is 0 Å². The molecule has 0 saturated carbocycles. The van der Waals surface area contributed by atoms with Crippen molar-refractivity contribution in [1.82, 2.24) is 4.57 Å². The van der Waals surface area contributed by atoms with Crippen LogP contribution in [-0.4, -0.2) is 16.4 Å². The van der Waals surface area contributed by atoms with E-state index in [4.69, 9.17) is 5.73 Å². The van der Waals surface area contributed by atoms with Crippen molar-refractivity contribution in [1.29, 1.82) is 0 Å². The zero-order valence-corrected chi connectivity index (χ0v) is 14.9. The third-order valence-corrected chi connectivity index (χ3v) is 4.11. The summed E-state index contributed by atoms with van der Waals surface area (Å²) in [4.78, 5) is 36.2. The monoisotopic (exact) mass is 341 g/mol. The molecule has 6 heteroatoms. The largest absolute Gasteiger partial charge is 0.365 e. The Morgan fingerprint density at radius 1 is 1.16 bits per heavy atom. The minimum Gasteiger partial charge on any atom is -0.365 e. The smallest absolute Gasteiger partial charge is 0.264 e. The number of nitrogens with two attached hydrogens (primary N) is 1. The number of primary amides is 1. The van der Waals surface area contributed by atoms with E-state index in [1.807, 2.05) is 24.3 Å². The van der Waals surface area contributed by atoms with E-state index in [0.29, 0.717) is 22.9 Å². The zero-order chi connectivity index (χ0) is 18.7. The van der Waals surface area contributed by atoms with Gasteiger partial charge in [0.25, 0.3) is 11.5 Å². The number of rotatable bonds is 5. The number of anilines is 1. The molecule has 0 aliphatic rings. The highest BCUT2D eigenvalue weighted by Gasteiger charge is 2.16. The van der Waals surface area contributed by atoms with E-state index in [0.717, 1.165) is 0 Å². The second-order valence-electron chi connectivity index (χ2n) is 6.42. The predicted octanol–water partition coefficient (Wildman–Crippen LogP) is 2.33. The molecule has 0 aliphatic heterocycles. The number of hydrogen-bond acceptors (Lipinski definition) is 3. The van der Waals surface area contributed by atoms with Crippen LogP contribution in [0.5, 0.6) is 0 Å². The zero-order valence-electron chi connectivity index (χ0n) is 14.9. The van der Waals surface area contributed by atoms with Crippen molar-refractivity contribution < 1.29 is 9.59 Å². The normalized spacial score (nSPS) is 10.8. The van der Waals surface area contributed by atoms with Gasteiger partial charge >= 0.3 is 0 Å². The fourth-order valence-corrected chi connectivity index (χ4v) is 2.72. The van der Waals surface area contributed by atoms with Gasteiger partial charge in [-0.15, -0.1) is 0 Å². The number of amides is 2. The minimum absolute atomic E-state index is 0.0836. The Labute approximate surface area is 146 Å². The maximum absolute atomic E-state index is 12.4. The van der Waals surface area contributed by atoms with Crippen molar-refractivity contribution in [2.24, 2.45) is 5.73 Å². The summed E-state index contributed by atoms with van der Waals surface area (Å²) < 4.78 is 1.25. The van der Waals surface area contributed by atoms with E-state index in [1.54, 1.807) is 19.9 Å². The van der Waals surface area contributed by atoms with Crippen LogP contribution in [0, 0.1) is 13.8 Å². The molecule has 0 radical (unpaired) electrons. The molecule has 0 aliphatic carbocycles. The number of carbonyl (C=O) groups excluding carboxylic acids is 2. The van der Waals surface area contributed by atoms with E-state index in [1.165, 1.54) is 10.1 Å². The highest BCUT2D eigenvalue weighted by Crippen LogP contribution is 2.17. The van der Waals surface area contributed by atoms with Crippen LogP contribution < -0.4 is 16.6 Å². The van der Waals surface area contributed by atoms with E-state index >= 15 is 0 Å². The summed E-state index contributed by atoms with van der Waals surface area (Å²) >= 11 is 0. The summed E-state index contributed by atoms with van der Waals surface area (Å²) in [7, 11) is 0. The Morgan fingerprint density at radius 3 is 2.28 bits per heavy atom. The highest BCUT2D eigenvalue weighted by atomic mass is 16.2. The maximum atomic E-state index is 12.4. The molecule has 1 heterocycles. The number of pyridine rings is 1. The third kappa shape index (κ3) is 4.15. The molecule has 2 rings (SSSR count). The number of nitrogens with zero attached hydrogens (tertiary/aromatic N) is 1. The molecule has 0 spiro atoms. The average molecular weight is 341 g/mol. The standard InChI is InChI=1S/C19H23N3O3/c1-11(2)14-5-7-15(8-6-14)21-16(23)10-22-13(4)9-12(3)17(18(20)24)19(22)25/h5-9,11H,10H2,1-4H3,(H2,20,24)(H,21,23). The molecule has 25 heavy (non-hydrogen) atoms. The molecule has 0 atom stereocenters. The Morgan fingerprint density at radius 2 is 1.76 bits per heavy atom. The van der Waals surface area contributed by atoms with E-state index in [-0.39, 0.29) is 18.0 Å². The third-order valence-electron chi connectivity index (χ3n) is 4.11. The molecule has 2 aromatic rings. The molecule has 0 fully saturated rings. The molecule has 0 unspecified atom stereocenters. The molecule has 3 N–H and O–H groups in total. The van der Waals surface area contributed by atoms with Gasteiger partial charge in [-0.2, -0.15) is 0 Å². The summed E-state index contributed by atoms with van der Waals surface area (Å²) in [6.07, 6.45) is 0. The quantitative estimate of drug-likeness (QED) is 0.874. The van der Waals surface area contributed by atoms with Crippen LogP contribution in [0.15, 0.2) is 35.1 Å². The van der Waals surface area contributed by atoms with Crippen LogP contribution in [0.4, 0.5) is 5.69 Å². The van der Waals surface area contributed by atoms with Gasteiger partial charge in [0, 0.05) is 11.4 Å². The molecule has 132 valence electrons. The minimum atomic E-state index is -0.791. The van der Waals surface area contributed by atoms with Crippen molar-refractivity contribution in [2.45, 2.75) is 40.2 Å². The molecule has 6 nitrogen and oxygen atoms in total. The lowest BCUT2D eigenvalue weighted by molar-refractivity contribution is -0.116. The second-order valence-corrected chi connectivity index (χ2v) is 6.42. The van der Waals surface area contributed by atoms with Crippen LogP contribution in [-0.2, 0) is 11.3 Å². The summed E-state index contributed by atoms with van der Waals surface area (Å²) in [6.45, 7) is 7.36. The number of aromatic nitrogens is 1. The van der Waals surface area contributed by atoms with Crippen LogP contribution in [0.1, 0.15) is 46.9 Å². The predicted molar refractivity (Wildman–Crippen MR) is 97.9 cm³/mol. The lowest BCUT2D eigenvalue weighted by Crippen LogP contribution is -2.35. The van der Waals surface area contributed by atoms with Crippen LogP contribution in [0.2, 0.25) is 0 Å². The number of carbonyl (C=O) groups is 2. The SMILES string of the molecule is Cc1cc(C)n(CC(=O)Nc2ccc(C(C)C)cc2)c(=O)c1C(N)=O. The van der Waals surface area contributed by atoms with E-state index < -0.39 is 11.5 Å². The van der Waals surface area contributed by atoms with E-state index in [9.17, 15) is 14.4 Å². The average Bonchev–Trinajstić information content (AvgIpc) is 2.51. The van der Waals surface area contributed by atoms with Crippen molar-refractivity contribution in [2.75, 3.05) is 5.32 Å². The topological polar surface area (TPSA) is 94.2 Å². The number of benzene rings is 1. The van der Waals surface area contributed by atoms with Gasteiger partial charge in [-0.25, -0.2) is 0 Å². The van der Waals surface area contributed by atoms with Gasteiger partial charge in [0.05, 0.1) is 0 Å². The Bertz CT molecular complexity index is 865. The molecule has 0 bridgehead atoms. The first-order valence-electron chi connectivity index (χ1n) is 8.11. The molecule has 2 amide bonds. The molecule has 0 saturated heterocycles. The van der Waals surface area contributed by atoms with Gasteiger partial charge < -0.3 is 15.6 Å². The van der Waals surface area contributed by atoms with Gasteiger partial charge in [0.15, 0.2) is 0 Å². The Kier molecular flexibility index (Phi) is 5.41. The van der Waals surface area contributed by atoms with Gasteiger partial charge in [-0.05, 0) is 49.1 Å². The van der Waals surface area contributed by atoms with Crippen molar-refractivity contribution >= 4 is 17.5 Å². The first-order chi connectivity index (χ1) is 11.7. The first-order valence-corrected chi connectivity index (χ1v) is 8.11. The maximum Gasteiger partial charge on any atom is 0.264 e. The van der Waals surface area contributed by atoms with Gasteiger partial charge in [-0.3, -0.25) is 14.4 Å². The highest BCUT2D eigenvalue weighted by molar-refractivity contribution is 5.94. The van der Waals surface area contributed by atoms with Gasteiger partial charge in [0.2, 0.25) is 5.91 Å². The summed E-state index contributed by atoms with van der Waals surface area (Å²) in [5.41, 5.74) is 7.58. The van der Waals surface area contributed by atoms with Gasteiger partial charge in [0.1, 0.15) is 12.1 Å². The molecular formula is C19H23N3O3. The fourth-order valence-electron chi connectivity index (χ4n) is 2.72. The second kappa shape index (κ2) is 7.34. The van der Waals surface area contributed by atoms with Crippen LogP contribution in [0.25, 0.3) is 0 Å². The van der Waals surface area contributed by atoms with Crippen molar-refractivity contribution in [3.63, 3.8) is 0 Å². The summed E-state index contributed by atoms with van der Waals surface area (Å²) in [5.74, 6) is -0.728. The lowest BCUT2D eigenvalue weighted by Gasteiger charge is -2.13. The Balaban J connectivity index is 2.22. The molecule has 1 aromatic heterocycles. The van der Waals surface area contributed by atoms with Gasteiger partial charge in [-0.1, -0.05) is 26.0 Å². The first kappa shape index (κ1) is 18.4. The summed E-state index contributed by atoms with van der Waals surface area (Å²) in [5, 5.41) is 2.76. The van der Waals surface area contributed by atoms with Crippen LogP contribution >= 0.6 is 0 Å². The fraction of sp³-hybridized carbons (Fsp3) is 0.316. The summed E-state index contributed by atoms with van der Waals surface area (Å²) in [6, 6.07) is 9.23. The van der Waals surface area contributed by atoms with Crippen molar-refractivity contribution in [3.05, 3.63) is 63.1 Å². The molecule has 1 aromatic carbocycles. The number of aryl methyl sites for hydroxylation is 2. The number of nitrogens with one attached hydrogen (secondary N) is 1.